The van der Waals surface area contributed by atoms with Gasteiger partial charge < -0.3 is 10.2 Å². The van der Waals surface area contributed by atoms with Crippen molar-refractivity contribution in [3.63, 3.8) is 0 Å². The molecule has 1 N–H and O–H groups in total. The van der Waals surface area contributed by atoms with Crippen LogP contribution in [0.3, 0.4) is 0 Å². The monoisotopic (exact) mass is 258 g/mol. The Morgan fingerprint density at radius 2 is 1.89 bits per heavy atom. The predicted molar refractivity (Wildman–Crippen MR) is 79.2 cm³/mol. The van der Waals surface area contributed by atoms with Crippen LogP contribution in [0.2, 0.25) is 0 Å². The van der Waals surface area contributed by atoms with Gasteiger partial charge in [0.15, 0.2) is 0 Å². The highest BCUT2D eigenvalue weighted by atomic mass is 19.1. The molecule has 0 fully saturated rings. The summed E-state index contributed by atoms with van der Waals surface area (Å²) < 4.78 is 13.1. The van der Waals surface area contributed by atoms with Crippen LogP contribution < -0.4 is 10.2 Å². The number of nitrogens with zero attached hydrogens (tertiary/aromatic N) is 1. The second-order valence-corrected chi connectivity index (χ2v) is 4.88. The van der Waals surface area contributed by atoms with Crippen LogP contribution in [0.25, 0.3) is 0 Å². The summed E-state index contributed by atoms with van der Waals surface area (Å²) in [5.74, 6) is -0.197. The maximum Gasteiger partial charge on any atom is 0.123 e. The first-order valence-electron chi connectivity index (χ1n) is 6.32. The van der Waals surface area contributed by atoms with Crippen LogP contribution >= 0.6 is 0 Å². The Morgan fingerprint density at radius 3 is 2.58 bits per heavy atom. The van der Waals surface area contributed by atoms with Gasteiger partial charge in [0, 0.05) is 32.0 Å². The molecule has 2 rings (SSSR count). The number of anilines is 2. The van der Waals surface area contributed by atoms with E-state index in [0.717, 1.165) is 11.3 Å². The number of rotatable bonds is 4. The normalized spacial score (nSPS) is 10.3. The van der Waals surface area contributed by atoms with E-state index in [0.29, 0.717) is 6.54 Å². The van der Waals surface area contributed by atoms with E-state index in [1.54, 1.807) is 12.1 Å². The zero-order chi connectivity index (χ0) is 13.8. The van der Waals surface area contributed by atoms with Gasteiger partial charge in [0.05, 0.1) is 0 Å². The van der Waals surface area contributed by atoms with Crippen LogP contribution in [0.5, 0.6) is 0 Å². The first-order chi connectivity index (χ1) is 9.06. The van der Waals surface area contributed by atoms with Crippen LogP contribution in [-0.2, 0) is 6.54 Å². The molecule has 0 aromatic heterocycles. The minimum Gasteiger partial charge on any atom is -0.381 e. The molecule has 0 unspecified atom stereocenters. The maximum absolute atomic E-state index is 13.1. The molecule has 100 valence electrons. The summed E-state index contributed by atoms with van der Waals surface area (Å²) >= 11 is 0. The average molecular weight is 258 g/mol. The van der Waals surface area contributed by atoms with Crippen molar-refractivity contribution in [2.24, 2.45) is 0 Å². The summed E-state index contributed by atoms with van der Waals surface area (Å²) in [5, 5.41) is 3.32. The predicted octanol–water partition coefficient (Wildman–Crippen LogP) is 3.81. The number of aryl methyl sites for hydroxylation is 1. The van der Waals surface area contributed by atoms with Gasteiger partial charge in [-0.1, -0.05) is 18.2 Å². The van der Waals surface area contributed by atoms with Crippen molar-refractivity contribution in [2.75, 3.05) is 24.3 Å². The van der Waals surface area contributed by atoms with Gasteiger partial charge in [-0.2, -0.15) is 0 Å². The van der Waals surface area contributed by atoms with E-state index in [9.17, 15) is 4.39 Å². The average Bonchev–Trinajstić information content (AvgIpc) is 2.37. The molecule has 0 aliphatic carbocycles. The highest BCUT2D eigenvalue weighted by Crippen LogP contribution is 2.22. The standard InChI is InChI=1S/C16H19FN2/c1-12-7-8-15(10-16(12)19(2)3)18-11-13-5-4-6-14(17)9-13/h4-10,18H,11H2,1-3H3. The lowest BCUT2D eigenvalue weighted by molar-refractivity contribution is 0.626. The molecule has 2 aromatic carbocycles. The van der Waals surface area contributed by atoms with Crippen LogP contribution in [0.1, 0.15) is 11.1 Å². The number of nitrogens with one attached hydrogen (secondary N) is 1. The van der Waals surface area contributed by atoms with E-state index < -0.39 is 0 Å². The molecule has 0 spiro atoms. The summed E-state index contributed by atoms with van der Waals surface area (Å²) in [5.41, 5.74) is 4.40. The minimum atomic E-state index is -0.197. The molecule has 2 aromatic rings. The summed E-state index contributed by atoms with van der Waals surface area (Å²) in [6.07, 6.45) is 0. The molecule has 0 heterocycles. The SMILES string of the molecule is Cc1ccc(NCc2cccc(F)c2)cc1N(C)C. The molecule has 0 amide bonds. The minimum absolute atomic E-state index is 0.197. The molecule has 0 atom stereocenters. The van der Waals surface area contributed by atoms with Gasteiger partial charge in [0.25, 0.3) is 0 Å². The van der Waals surface area contributed by atoms with Gasteiger partial charge in [-0.15, -0.1) is 0 Å². The molecule has 0 saturated carbocycles. The Labute approximate surface area is 113 Å². The summed E-state index contributed by atoms with van der Waals surface area (Å²) in [7, 11) is 4.05. The smallest absolute Gasteiger partial charge is 0.123 e. The zero-order valence-electron chi connectivity index (χ0n) is 11.6. The lowest BCUT2D eigenvalue weighted by Gasteiger charge is -2.17. The second-order valence-electron chi connectivity index (χ2n) is 4.88. The van der Waals surface area contributed by atoms with Crippen molar-refractivity contribution in [2.45, 2.75) is 13.5 Å². The van der Waals surface area contributed by atoms with Gasteiger partial charge in [0.2, 0.25) is 0 Å². The Hall–Kier alpha value is -2.03. The Kier molecular flexibility index (Phi) is 4.05. The fraction of sp³-hybridized carbons (Fsp3) is 0.250. The highest BCUT2D eigenvalue weighted by Gasteiger charge is 2.02. The van der Waals surface area contributed by atoms with Crippen molar-refractivity contribution in [1.29, 1.82) is 0 Å². The van der Waals surface area contributed by atoms with Crippen LogP contribution in [0.15, 0.2) is 42.5 Å². The maximum atomic E-state index is 13.1. The van der Waals surface area contributed by atoms with E-state index in [2.05, 4.69) is 29.3 Å². The van der Waals surface area contributed by atoms with E-state index in [1.807, 2.05) is 26.2 Å². The molecule has 19 heavy (non-hydrogen) atoms. The Bertz CT molecular complexity index is 564. The first-order valence-corrected chi connectivity index (χ1v) is 6.32. The fourth-order valence-electron chi connectivity index (χ4n) is 2.05. The fourth-order valence-corrected chi connectivity index (χ4v) is 2.05. The molecule has 0 bridgehead atoms. The van der Waals surface area contributed by atoms with Gasteiger partial charge in [-0.3, -0.25) is 0 Å². The van der Waals surface area contributed by atoms with E-state index in [4.69, 9.17) is 0 Å². The van der Waals surface area contributed by atoms with Crippen molar-refractivity contribution >= 4 is 11.4 Å². The summed E-state index contributed by atoms with van der Waals surface area (Å²) in [6.45, 7) is 2.71. The highest BCUT2D eigenvalue weighted by molar-refractivity contribution is 5.61. The van der Waals surface area contributed by atoms with Crippen molar-refractivity contribution < 1.29 is 4.39 Å². The number of hydrogen-bond donors (Lipinski definition) is 1. The molecular weight excluding hydrogens is 239 g/mol. The molecule has 0 saturated heterocycles. The Balaban J connectivity index is 2.09. The Morgan fingerprint density at radius 1 is 1.11 bits per heavy atom. The topological polar surface area (TPSA) is 15.3 Å². The van der Waals surface area contributed by atoms with Crippen LogP contribution in [0, 0.1) is 12.7 Å². The van der Waals surface area contributed by atoms with Gasteiger partial charge in [0.1, 0.15) is 5.82 Å². The van der Waals surface area contributed by atoms with Crippen LogP contribution in [0.4, 0.5) is 15.8 Å². The molecule has 0 aliphatic heterocycles. The lowest BCUT2D eigenvalue weighted by Crippen LogP contribution is -2.11. The molecule has 0 radical (unpaired) electrons. The quantitative estimate of drug-likeness (QED) is 0.897. The lowest BCUT2D eigenvalue weighted by atomic mass is 10.1. The van der Waals surface area contributed by atoms with Crippen molar-refractivity contribution in [1.82, 2.24) is 0 Å². The van der Waals surface area contributed by atoms with Crippen molar-refractivity contribution in [3.05, 3.63) is 59.4 Å². The number of benzene rings is 2. The first kappa shape index (κ1) is 13.4. The second kappa shape index (κ2) is 5.74. The molecule has 0 aliphatic rings. The van der Waals surface area contributed by atoms with Gasteiger partial charge >= 0.3 is 0 Å². The zero-order valence-corrected chi connectivity index (χ0v) is 11.6. The molecule has 3 heteroatoms. The third kappa shape index (κ3) is 3.47. The van der Waals surface area contributed by atoms with E-state index >= 15 is 0 Å². The van der Waals surface area contributed by atoms with Gasteiger partial charge in [-0.05, 0) is 42.3 Å². The van der Waals surface area contributed by atoms with Crippen LogP contribution in [-0.4, -0.2) is 14.1 Å². The number of hydrogen-bond acceptors (Lipinski definition) is 2. The largest absolute Gasteiger partial charge is 0.381 e. The number of halogens is 1. The van der Waals surface area contributed by atoms with Crippen molar-refractivity contribution in [3.8, 4) is 0 Å². The molecule has 2 nitrogen and oxygen atoms in total. The third-order valence-corrected chi connectivity index (χ3v) is 3.08. The summed E-state index contributed by atoms with van der Waals surface area (Å²) in [4.78, 5) is 2.09. The molecular formula is C16H19FN2. The summed E-state index contributed by atoms with van der Waals surface area (Å²) in [6, 6.07) is 12.9. The van der Waals surface area contributed by atoms with E-state index in [-0.39, 0.29) is 5.82 Å². The van der Waals surface area contributed by atoms with E-state index in [1.165, 1.54) is 17.3 Å². The van der Waals surface area contributed by atoms with Gasteiger partial charge in [-0.25, -0.2) is 4.39 Å². The third-order valence-electron chi connectivity index (χ3n) is 3.08.